The number of nitrogens with zero attached hydrogens (tertiary/aromatic N) is 1. The Kier molecular flexibility index (Phi) is 9.48. The second kappa shape index (κ2) is 12.5. The van der Waals surface area contributed by atoms with E-state index >= 15 is 0 Å². The van der Waals surface area contributed by atoms with Gasteiger partial charge in [-0.05, 0) is 60.2 Å². The van der Waals surface area contributed by atoms with Crippen molar-refractivity contribution in [3.63, 3.8) is 0 Å². The van der Waals surface area contributed by atoms with E-state index in [9.17, 15) is 28.0 Å². The molecule has 0 saturated carbocycles. The van der Waals surface area contributed by atoms with Gasteiger partial charge in [0.2, 0.25) is 5.91 Å². The van der Waals surface area contributed by atoms with Crippen LogP contribution in [0.5, 0.6) is 11.5 Å². The van der Waals surface area contributed by atoms with E-state index in [0.717, 1.165) is 4.90 Å². The van der Waals surface area contributed by atoms with Gasteiger partial charge in [0.05, 0.1) is 29.2 Å². The fraction of sp³-hybridized carbons (Fsp3) is 0.250. The number of hydrogen-bond donors (Lipinski definition) is 1. The lowest BCUT2D eigenvalue weighted by atomic mass is 10.2. The number of amides is 3. The topological polar surface area (TPSA) is 111 Å². The van der Waals surface area contributed by atoms with Gasteiger partial charge >= 0.3 is 12.6 Å². The van der Waals surface area contributed by atoms with E-state index in [-0.39, 0.29) is 39.3 Å². The molecule has 0 bridgehead atoms. The van der Waals surface area contributed by atoms with Crippen LogP contribution in [0.3, 0.4) is 0 Å². The van der Waals surface area contributed by atoms with Gasteiger partial charge in [-0.15, -0.1) is 0 Å². The fourth-order valence-electron chi connectivity index (χ4n) is 3.13. The number of halogens is 3. The summed E-state index contributed by atoms with van der Waals surface area (Å²) in [5.74, 6) is -2.23. The Balaban J connectivity index is 1.69. The summed E-state index contributed by atoms with van der Waals surface area (Å²) >= 11 is 6.66. The number of carbonyl (C=O) groups is 4. The highest BCUT2D eigenvalue weighted by Gasteiger charge is 2.36. The monoisotopic (exact) mass is 554 g/mol. The minimum absolute atomic E-state index is 0.00793. The first-order valence-corrected chi connectivity index (χ1v) is 12.0. The van der Waals surface area contributed by atoms with Crippen LogP contribution in [-0.4, -0.2) is 54.8 Å². The van der Waals surface area contributed by atoms with E-state index in [0.29, 0.717) is 23.7 Å². The van der Waals surface area contributed by atoms with Gasteiger partial charge in [-0.2, -0.15) is 8.78 Å². The number of ether oxygens (including phenoxy) is 3. The standard InChI is InChI=1S/C24H21ClF2N2O7S/c1-3-8-35-22(32)15-11-14(5-6-16(15)25)28-20(30)12-29-21(31)19(37-24(29)33)10-13-4-7-17(36-23(26)27)18(9-13)34-2/h4-7,9-11,23H,3,8,12H2,1-2H3,(H,28,30)/b19-10-. The average molecular weight is 555 g/mol. The van der Waals surface area contributed by atoms with Crippen molar-refractivity contribution in [2.75, 3.05) is 25.6 Å². The van der Waals surface area contributed by atoms with Crippen molar-refractivity contribution < 1.29 is 42.2 Å². The molecule has 3 rings (SSSR count). The SMILES string of the molecule is CCCOC(=O)c1cc(NC(=O)CN2C(=O)S/C(=C\c3ccc(OC(F)F)c(OC)c3)C2=O)ccc1Cl. The zero-order valence-corrected chi connectivity index (χ0v) is 21.2. The molecule has 1 saturated heterocycles. The highest BCUT2D eigenvalue weighted by atomic mass is 35.5. The maximum absolute atomic E-state index is 12.8. The van der Waals surface area contributed by atoms with E-state index < -0.39 is 36.2 Å². The maximum Gasteiger partial charge on any atom is 0.387 e. The van der Waals surface area contributed by atoms with Gasteiger partial charge in [-0.3, -0.25) is 19.3 Å². The second-order valence-electron chi connectivity index (χ2n) is 7.44. The highest BCUT2D eigenvalue weighted by molar-refractivity contribution is 8.18. The quantitative estimate of drug-likeness (QED) is 0.315. The fourth-order valence-corrected chi connectivity index (χ4v) is 4.16. The number of benzene rings is 2. The third-order valence-corrected chi connectivity index (χ3v) is 6.02. The summed E-state index contributed by atoms with van der Waals surface area (Å²) in [6.07, 6.45) is 1.99. The molecular weight excluding hydrogens is 534 g/mol. The van der Waals surface area contributed by atoms with Gasteiger partial charge in [0.25, 0.3) is 11.1 Å². The van der Waals surface area contributed by atoms with Gasteiger partial charge in [-0.25, -0.2) is 4.79 Å². The Morgan fingerprint density at radius 2 is 1.92 bits per heavy atom. The molecule has 37 heavy (non-hydrogen) atoms. The minimum atomic E-state index is -3.04. The van der Waals surface area contributed by atoms with Crippen molar-refractivity contribution in [3.8, 4) is 11.5 Å². The number of imide groups is 1. The Morgan fingerprint density at radius 1 is 1.16 bits per heavy atom. The number of anilines is 1. The molecule has 2 aromatic carbocycles. The summed E-state index contributed by atoms with van der Waals surface area (Å²) in [5.41, 5.74) is 0.665. The Labute approximate surface area is 219 Å². The van der Waals surface area contributed by atoms with E-state index in [2.05, 4.69) is 10.1 Å². The summed E-state index contributed by atoms with van der Waals surface area (Å²) in [6.45, 7) is -1.58. The van der Waals surface area contributed by atoms with Crippen molar-refractivity contribution >= 4 is 58.1 Å². The summed E-state index contributed by atoms with van der Waals surface area (Å²) in [6, 6.07) is 8.22. The number of esters is 1. The molecule has 0 atom stereocenters. The summed E-state index contributed by atoms with van der Waals surface area (Å²) in [4.78, 5) is 50.6. The number of nitrogens with one attached hydrogen (secondary N) is 1. The van der Waals surface area contributed by atoms with Gasteiger partial charge in [0.15, 0.2) is 11.5 Å². The van der Waals surface area contributed by atoms with Crippen LogP contribution >= 0.6 is 23.4 Å². The molecule has 1 N–H and O–H groups in total. The molecule has 0 spiro atoms. The first-order chi connectivity index (χ1) is 17.6. The predicted octanol–water partition coefficient (Wildman–Crippen LogP) is 5.19. The molecule has 13 heteroatoms. The molecule has 0 aromatic heterocycles. The molecule has 3 amide bonds. The molecule has 196 valence electrons. The Bertz CT molecular complexity index is 1260. The van der Waals surface area contributed by atoms with E-state index in [4.69, 9.17) is 21.1 Å². The summed E-state index contributed by atoms with van der Waals surface area (Å²) in [7, 11) is 1.27. The zero-order valence-electron chi connectivity index (χ0n) is 19.6. The highest BCUT2D eigenvalue weighted by Crippen LogP contribution is 2.35. The van der Waals surface area contributed by atoms with E-state index in [1.165, 1.54) is 49.6 Å². The molecule has 0 unspecified atom stereocenters. The Morgan fingerprint density at radius 3 is 2.59 bits per heavy atom. The largest absolute Gasteiger partial charge is 0.493 e. The van der Waals surface area contributed by atoms with Crippen LogP contribution in [-0.2, 0) is 14.3 Å². The Hall–Kier alpha value is -3.64. The van der Waals surface area contributed by atoms with E-state index in [1.807, 2.05) is 6.92 Å². The predicted molar refractivity (Wildman–Crippen MR) is 133 cm³/mol. The molecule has 2 aromatic rings. The zero-order chi connectivity index (χ0) is 27.1. The van der Waals surface area contributed by atoms with Gasteiger partial charge < -0.3 is 19.5 Å². The molecule has 1 fully saturated rings. The van der Waals surface area contributed by atoms with Crippen LogP contribution in [0.1, 0.15) is 29.3 Å². The number of thioether (sulfide) groups is 1. The smallest absolute Gasteiger partial charge is 0.387 e. The lowest BCUT2D eigenvalue weighted by Gasteiger charge is -2.13. The normalized spacial score (nSPS) is 14.3. The number of methoxy groups -OCH3 is 1. The van der Waals surface area contributed by atoms with Gasteiger partial charge in [0.1, 0.15) is 6.54 Å². The number of hydrogen-bond acceptors (Lipinski definition) is 8. The molecule has 1 heterocycles. The number of carbonyl (C=O) groups excluding carboxylic acids is 4. The van der Waals surface area contributed by atoms with Crippen molar-refractivity contribution in [3.05, 3.63) is 57.5 Å². The average Bonchev–Trinajstić information content (AvgIpc) is 3.11. The van der Waals surface area contributed by atoms with Crippen LogP contribution in [0.15, 0.2) is 41.3 Å². The number of rotatable bonds is 10. The first kappa shape index (κ1) is 27.9. The van der Waals surface area contributed by atoms with Crippen molar-refractivity contribution in [1.29, 1.82) is 0 Å². The molecule has 0 aliphatic carbocycles. The third-order valence-electron chi connectivity index (χ3n) is 4.78. The summed E-state index contributed by atoms with van der Waals surface area (Å²) < 4.78 is 39.5. The number of alkyl halides is 2. The first-order valence-electron chi connectivity index (χ1n) is 10.8. The molecular formula is C24H21ClF2N2O7S. The van der Waals surface area contributed by atoms with Crippen molar-refractivity contribution in [2.24, 2.45) is 0 Å². The van der Waals surface area contributed by atoms with Crippen molar-refractivity contribution in [1.82, 2.24) is 4.90 Å². The van der Waals surface area contributed by atoms with Gasteiger partial charge in [-0.1, -0.05) is 24.6 Å². The maximum atomic E-state index is 12.8. The van der Waals surface area contributed by atoms with Crippen molar-refractivity contribution in [2.45, 2.75) is 20.0 Å². The minimum Gasteiger partial charge on any atom is -0.493 e. The van der Waals surface area contributed by atoms with Gasteiger partial charge in [0, 0.05) is 5.69 Å². The van der Waals surface area contributed by atoms with Crippen LogP contribution in [0.2, 0.25) is 5.02 Å². The second-order valence-corrected chi connectivity index (χ2v) is 8.84. The lowest BCUT2D eigenvalue weighted by Crippen LogP contribution is -2.36. The van der Waals surface area contributed by atoms with Crippen LogP contribution in [0.25, 0.3) is 6.08 Å². The summed E-state index contributed by atoms with van der Waals surface area (Å²) in [5, 5.41) is 1.99. The van der Waals surface area contributed by atoms with E-state index in [1.54, 1.807) is 0 Å². The molecule has 0 radical (unpaired) electrons. The third kappa shape index (κ3) is 7.20. The molecule has 1 aliphatic rings. The molecule has 1 aliphatic heterocycles. The van der Waals surface area contributed by atoms with Crippen LogP contribution < -0.4 is 14.8 Å². The molecule has 9 nitrogen and oxygen atoms in total. The van der Waals surface area contributed by atoms with Crippen LogP contribution in [0.4, 0.5) is 19.3 Å². The van der Waals surface area contributed by atoms with Crippen LogP contribution in [0, 0.1) is 0 Å². The lowest BCUT2D eigenvalue weighted by molar-refractivity contribution is -0.127.